The summed E-state index contributed by atoms with van der Waals surface area (Å²) in [5.41, 5.74) is 4.18. The number of nitriles is 1. The van der Waals surface area contributed by atoms with Gasteiger partial charge < -0.3 is 4.74 Å². The van der Waals surface area contributed by atoms with Gasteiger partial charge in [-0.2, -0.15) is 5.26 Å². The standard InChI is InChI=1S/C18H17NO2/c1-12-4-7-16(14(3)8-12)17(20)11-21-18-9-15(10-19)6-5-13(18)2/h4-9H,11H2,1-3H3. The van der Waals surface area contributed by atoms with Crippen LogP contribution in [-0.2, 0) is 0 Å². The Hall–Kier alpha value is -2.60. The Kier molecular flexibility index (Phi) is 4.39. The Balaban J connectivity index is 2.13. The summed E-state index contributed by atoms with van der Waals surface area (Å²) in [6, 6.07) is 13.0. The van der Waals surface area contributed by atoms with Crippen molar-refractivity contribution in [3.8, 4) is 11.8 Å². The molecule has 0 saturated heterocycles. The van der Waals surface area contributed by atoms with E-state index in [4.69, 9.17) is 10.00 Å². The molecule has 0 amide bonds. The molecule has 0 aliphatic heterocycles. The minimum atomic E-state index is -0.0609. The lowest BCUT2D eigenvalue weighted by atomic mass is 10.0. The van der Waals surface area contributed by atoms with Crippen molar-refractivity contribution in [2.75, 3.05) is 6.61 Å². The molecule has 2 aromatic rings. The molecule has 106 valence electrons. The summed E-state index contributed by atoms with van der Waals surface area (Å²) in [6.07, 6.45) is 0. The summed E-state index contributed by atoms with van der Waals surface area (Å²) in [6.45, 7) is 5.77. The van der Waals surface area contributed by atoms with E-state index in [9.17, 15) is 4.79 Å². The molecule has 0 radical (unpaired) electrons. The first-order valence-electron chi connectivity index (χ1n) is 6.75. The molecule has 0 aromatic heterocycles. The number of hydrogen-bond donors (Lipinski definition) is 0. The van der Waals surface area contributed by atoms with Gasteiger partial charge in [-0.3, -0.25) is 4.79 Å². The van der Waals surface area contributed by atoms with Crippen molar-refractivity contribution >= 4 is 5.78 Å². The van der Waals surface area contributed by atoms with E-state index in [0.717, 1.165) is 16.7 Å². The van der Waals surface area contributed by atoms with Crippen molar-refractivity contribution in [3.05, 3.63) is 64.2 Å². The fourth-order valence-electron chi connectivity index (χ4n) is 2.17. The first kappa shape index (κ1) is 14.8. The van der Waals surface area contributed by atoms with Crippen LogP contribution in [0.2, 0.25) is 0 Å². The number of aryl methyl sites for hydroxylation is 3. The summed E-state index contributed by atoms with van der Waals surface area (Å²) in [7, 11) is 0. The zero-order valence-corrected chi connectivity index (χ0v) is 12.4. The van der Waals surface area contributed by atoms with E-state index in [0.29, 0.717) is 16.9 Å². The van der Waals surface area contributed by atoms with Crippen LogP contribution in [0.4, 0.5) is 0 Å². The average molecular weight is 279 g/mol. The lowest BCUT2D eigenvalue weighted by Crippen LogP contribution is -2.13. The zero-order valence-electron chi connectivity index (χ0n) is 12.4. The van der Waals surface area contributed by atoms with Crippen LogP contribution in [0.15, 0.2) is 36.4 Å². The predicted molar refractivity (Wildman–Crippen MR) is 81.6 cm³/mol. The number of Topliss-reactive ketones (excluding diaryl/α,β-unsaturated/α-hetero) is 1. The second-order valence-corrected chi connectivity index (χ2v) is 5.12. The van der Waals surface area contributed by atoms with Crippen molar-refractivity contribution in [2.24, 2.45) is 0 Å². The molecule has 0 fully saturated rings. The Morgan fingerprint density at radius 3 is 2.52 bits per heavy atom. The molecule has 0 saturated carbocycles. The Labute approximate surface area is 124 Å². The number of ether oxygens (including phenoxy) is 1. The number of carbonyl (C=O) groups excluding carboxylic acids is 1. The largest absolute Gasteiger partial charge is 0.485 e. The number of carbonyl (C=O) groups is 1. The van der Waals surface area contributed by atoms with Crippen molar-refractivity contribution in [1.82, 2.24) is 0 Å². The molecule has 0 N–H and O–H groups in total. The summed E-state index contributed by atoms with van der Waals surface area (Å²) < 4.78 is 5.58. The van der Waals surface area contributed by atoms with E-state index in [1.54, 1.807) is 12.1 Å². The molecule has 3 nitrogen and oxygen atoms in total. The van der Waals surface area contributed by atoms with Crippen LogP contribution in [0.3, 0.4) is 0 Å². The molecule has 21 heavy (non-hydrogen) atoms. The number of hydrogen-bond acceptors (Lipinski definition) is 3. The van der Waals surface area contributed by atoms with E-state index in [1.165, 1.54) is 0 Å². The van der Waals surface area contributed by atoms with Crippen LogP contribution >= 0.6 is 0 Å². The lowest BCUT2D eigenvalue weighted by molar-refractivity contribution is 0.0920. The molecule has 2 aromatic carbocycles. The number of nitrogens with zero attached hydrogens (tertiary/aromatic N) is 1. The van der Waals surface area contributed by atoms with Gasteiger partial charge in [0.05, 0.1) is 11.6 Å². The highest BCUT2D eigenvalue weighted by Crippen LogP contribution is 2.20. The lowest BCUT2D eigenvalue weighted by Gasteiger charge is -2.10. The van der Waals surface area contributed by atoms with Gasteiger partial charge in [0.15, 0.2) is 12.4 Å². The third-order valence-electron chi connectivity index (χ3n) is 3.36. The molecule has 0 atom stereocenters. The summed E-state index contributed by atoms with van der Waals surface area (Å²) in [5, 5.41) is 8.90. The SMILES string of the molecule is Cc1ccc(C(=O)COc2cc(C#N)ccc2C)c(C)c1. The maximum Gasteiger partial charge on any atom is 0.200 e. The third kappa shape index (κ3) is 3.49. The highest BCUT2D eigenvalue weighted by atomic mass is 16.5. The summed E-state index contributed by atoms with van der Waals surface area (Å²) in [5.74, 6) is 0.515. The normalized spacial score (nSPS) is 10.0. The molecule has 2 rings (SSSR count). The van der Waals surface area contributed by atoms with E-state index in [1.807, 2.05) is 45.0 Å². The van der Waals surface area contributed by atoms with Crippen LogP contribution < -0.4 is 4.74 Å². The van der Waals surface area contributed by atoms with Crippen molar-refractivity contribution < 1.29 is 9.53 Å². The van der Waals surface area contributed by atoms with Crippen molar-refractivity contribution in [1.29, 1.82) is 5.26 Å². The van der Waals surface area contributed by atoms with Gasteiger partial charge >= 0.3 is 0 Å². The van der Waals surface area contributed by atoms with Crippen LogP contribution in [0.1, 0.15) is 32.6 Å². The summed E-state index contributed by atoms with van der Waals surface area (Å²) in [4.78, 5) is 12.2. The smallest absolute Gasteiger partial charge is 0.200 e. The number of benzene rings is 2. The quantitative estimate of drug-likeness (QED) is 0.801. The Morgan fingerprint density at radius 1 is 1.10 bits per heavy atom. The Bertz CT molecular complexity index is 726. The van der Waals surface area contributed by atoms with Gasteiger partial charge in [0, 0.05) is 5.56 Å². The molecule has 0 aliphatic rings. The second kappa shape index (κ2) is 6.23. The van der Waals surface area contributed by atoms with E-state index in [2.05, 4.69) is 6.07 Å². The monoisotopic (exact) mass is 279 g/mol. The van der Waals surface area contributed by atoms with Crippen LogP contribution in [-0.4, -0.2) is 12.4 Å². The molecule has 0 bridgehead atoms. The van der Waals surface area contributed by atoms with Gasteiger partial charge in [0.1, 0.15) is 5.75 Å². The first-order valence-corrected chi connectivity index (χ1v) is 6.75. The molecule has 0 unspecified atom stereocenters. The number of rotatable bonds is 4. The topological polar surface area (TPSA) is 50.1 Å². The summed E-state index contributed by atoms with van der Waals surface area (Å²) >= 11 is 0. The molecular formula is C18H17NO2. The van der Waals surface area contributed by atoms with E-state index < -0.39 is 0 Å². The average Bonchev–Trinajstić information content (AvgIpc) is 2.46. The number of ketones is 1. The minimum Gasteiger partial charge on any atom is -0.485 e. The molecular weight excluding hydrogens is 262 g/mol. The maximum absolute atomic E-state index is 12.2. The molecule has 0 heterocycles. The maximum atomic E-state index is 12.2. The zero-order chi connectivity index (χ0) is 15.4. The van der Waals surface area contributed by atoms with Crippen LogP contribution in [0.5, 0.6) is 5.75 Å². The van der Waals surface area contributed by atoms with Crippen LogP contribution in [0.25, 0.3) is 0 Å². The van der Waals surface area contributed by atoms with Crippen molar-refractivity contribution in [3.63, 3.8) is 0 Å². The fourth-order valence-corrected chi connectivity index (χ4v) is 2.17. The Morgan fingerprint density at radius 2 is 1.86 bits per heavy atom. The van der Waals surface area contributed by atoms with Crippen molar-refractivity contribution in [2.45, 2.75) is 20.8 Å². The highest BCUT2D eigenvalue weighted by Gasteiger charge is 2.11. The van der Waals surface area contributed by atoms with Crippen LogP contribution in [0, 0.1) is 32.1 Å². The van der Waals surface area contributed by atoms with Gasteiger partial charge in [0.2, 0.25) is 0 Å². The minimum absolute atomic E-state index is 0.0282. The van der Waals surface area contributed by atoms with Gasteiger partial charge in [-0.15, -0.1) is 0 Å². The van der Waals surface area contributed by atoms with Gasteiger partial charge in [-0.1, -0.05) is 29.8 Å². The highest BCUT2D eigenvalue weighted by molar-refractivity contribution is 5.98. The fraction of sp³-hybridized carbons (Fsp3) is 0.222. The van der Waals surface area contributed by atoms with E-state index >= 15 is 0 Å². The molecule has 3 heteroatoms. The molecule has 0 spiro atoms. The predicted octanol–water partition coefficient (Wildman–Crippen LogP) is 3.75. The second-order valence-electron chi connectivity index (χ2n) is 5.12. The first-order chi connectivity index (χ1) is 10.0. The van der Waals surface area contributed by atoms with Gasteiger partial charge in [-0.05, 0) is 44.0 Å². The third-order valence-corrected chi connectivity index (χ3v) is 3.36. The van der Waals surface area contributed by atoms with Gasteiger partial charge in [0.25, 0.3) is 0 Å². The van der Waals surface area contributed by atoms with E-state index in [-0.39, 0.29) is 12.4 Å². The molecule has 0 aliphatic carbocycles. The van der Waals surface area contributed by atoms with Gasteiger partial charge in [-0.25, -0.2) is 0 Å².